The number of nitrogens with zero attached hydrogens (tertiary/aromatic N) is 3. The van der Waals surface area contributed by atoms with Gasteiger partial charge in [0.2, 0.25) is 5.88 Å². The number of halogens is 1. The Hall–Kier alpha value is -3.38. The predicted molar refractivity (Wildman–Crippen MR) is 122 cm³/mol. The van der Waals surface area contributed by atoms with Gasteiger partial charge in [0.25, 0.3) is 5.91 Å². The van der Waals surface area contributed by atoms with Crippen LogP contribution in [0.1, 0.15) is 23.7 Å². The topological polar surface area (TPSA) is 69.0 Å². The van der Waals surface area contributed by atoms with Crippen molar-refractivity contribution in [3.63, 3.8) is 0 Å². The number of rotatable bonds is 6. The number of ether oxygens (including phenoxy) is 1. The number of fused-ring (bicyclic) bond motifs is 1. The van der Waals surface area contributed by atoms with Crippen LogP contribution in [0.25, 0.3) is 16.7 Å². The first-order chi connectivity index (χ1) is 14.9. The summed E-state index contributed by atoms with van der Waals surface area (Å²) >= 11 is 5.90. The van der Waals surface area contributed by atoms with Crippen molar-refractivity contribution in [3.8, 4) is 11.6 Å². The summed E-state index contributed by atoms with van der Waals surface area (Å²) in [6, 6.07) is 19.0. The fraction of sp³-hybridized carbons (Fsp3) is 0.208. The molecule has 0 bridgehead atoms. The van der Waals surface area contributed by atoms with Crippen LogP contribution in [0.4, 0.5) is 0 Å². The molecule has 0 fully saturated rings. The summed E-state index contributed by atoms with van der Waals surface area (Å²) in [7, 11) is 0. The molecule has 1 unspecified atom stereocenters. The molecule has 4 rings (SSSR count). The number of hydrogen-bond acceptors (Lipinski definition) is 4. The Morgan fingerprint density at radius 2 is 1.84 bits per heavy atom. The number of carbonyl (C=O) groups is 1. The minimum atomic E-state index is -0.703. The monoisotopic (exact) mass is 434 g/mol. The van der Waals surface area contributed by atoms with Gasteiger partial charge in [-0.3, -0.25) is 4.79 Å². The number of pyridine rings is 1. The van der Waals surface area contributed by atoms with Crippen LogP contribution < -0.4 is 10.1 Å². The summed E-state index contributed by atoms with van der Waals surface area (Å²) in [6.45, 7) is 6.06. The van der Waals surface area contributed by atoms with Gasteiger partial charge in [0.15, 0.2) is 11.8 Å². The summed E-state index contributed by atoms with van der Waals surface area (Å²) in [5, 5.41) is 9.18. The molecule has 31 heavy (non-hydrogen) atoms. The molecule has 4 aromatic rings. The lowest BCUT2D eigenvalue weighted by Crippen LogP contribution is -2.36. The van der Waals surface area contributed by atoms with Gasteiger partial charge in [-0.15, -0.1) is 0 Å². The first kappa shape index (κ1) is 20.9. The zero-order valence-corrected chi connectivity index (χ0v) is 18.3. The molecule has 1 atom stereocenters. The first-order valence-corrected chi connectivity index (χ1v) is 10.4. The number of aromatic nitrogens is 3. The van der Waals surface area contributed by atoms with E-state index in [1.165, 1.54) is 0 Å². The fourth-order valence-electron chi connectivity index (χ4n) is 3.45. The number of benzene rings is 2. The summed E-state index contributed by atoms with van der Waals surface area (Å²) in [5.74, 6) is 0.165. The molecule has 0 saturated carbocycles. The maximum absolute atomic E-state index is 12.5. The van der Waals surface area contributed by atoms with Crippen LogP contribution in [0.2, 0.25) is 5.02 Å². The Morgan fingerprint density at radius 1 is 1.13 bits per heavy atom. The highest BCUT2D eigenvalue weighted by Gasteiger charge is 2.19. The van der Waals surface area contributed by atoms with Gasteiger partial charge in [0, 0.05) is 23.0 Å². The smallest absolute Gasteiger partial charge is 0.261 e. The molecule has 1 amide bonds. The highest BCUT2D eigenvalue weighted by atomic mass is 35.5. The van der Waals surface area contributed by atoms with E-state index in [0.29, 0.717) is 23.1 Å². The van der Waals surface area contributed by atoms with E-state index in [4.69, 9.17) is 16.3 Å². The van der Waals surface area contributed by atoms with E-state index < -0.39 is 6.10 Å². The molecule has 0 aliphatic carbocycles. The molecular weight excluding hydrogens is 412 g/mol. The predicted octanol–water partition coefficient (Wildman–Crippen LogP) is 4.77. The molecule has 1 N–H and O–H groups in total. The zero-order chi connectivity index (χ0) is 22.0. The Labute approximate surface area is 185 Å². The van der Waals surface area contributed by atoms with Crippen LogP contribution in [0.15, 0.2) is 60.7 Å². The molecule has 0 aliphatic rings. The number of aryl methyl sites for hydroxylation is 2. The fourth-order valence-corrected chi connectivity index (χ4v) is 3.58. The van der Waals surface area contributed by atoms with Crippen molar-refractivity contribution >= 4 is 28.5 Å². The number of para-hydroxylation sites is 1. The maximum atomic E-state index is 12.5. The van der Waals surface area contributed by atoms with Gasteiger partial charge in [-0.1, -0.05) is 41.9 Å². The lowest BCUT2D eigenvalue weighted by Gasteiger charge is -2.15. The molecule has 2 aromatic carbocycles. The molecule has 0 spiro atoms. The number of hydrogen-bond donors (Lipinski definition) is 1. The van der Waals surface area contributed by atoms with Crippen molar-refractivity contribution in [2.45, 2.75) is 33.4 Å². The zero-order valence-electron chi connectivity index (χ0n) is 17.6. The van der Waals surface area contributed by atoms with Crippen molar-refractivity contribution in [2.75, 3.05) is 0 Å². The molecular formula is C24H23ClN4O2. The Kier molecular flexibility index (Phi) is 5.91. The van der Waals surface area contributed by atoms with E-state index in [1.54, 1.807) is 23.7 Å². The second-order valence-electron chi connectivity index (χ2n) is 7.41. The highest BCUT2D eigenvalue weighted by Crippen LogP contribution is 2.27. The molecule has 158 valence electrons. The van der Waals surface area contributed by atoms with Crippen molar-refractivity contribution in [1.82, 2.24) is 20.1 Å². The van der Waals surface area contributed by atoms with Crippen LogP contribution >= 0.6 is 11.6 Å². The third-order valence-electron chi connectivity index (χ3n) is 5.03. The van der Waals surface area contributed by atoms with E-state index in [9.17, 15) is 4.79 Å². The van der Waals surface area contributed by atoms with Crippen molar-refractivity contribution < 1.29 is 9.53 Å². The van der Waals surface area contributed by atoms with Crippen LogP contribution in [-0.2, 0) is 11.3 Å². The van der Waals surface area contributed by atoms with E-state index in [2.05, 4.69) is 15.4 Å². The van der Waals surface area contributed by atoms with E-state index >= 15 is 0 Å². The van der Waals surface area contributed by atoms with E-state index in [-0.39, 0.29) is 5.91 Å². The third kappa shape index (κ3) is 4.54. The van der Waals surface area contributed by atoms with Gasteiger partial charge in [-0.05, 0) is 56.2 Å². The van der Waals surface area contributed by atoms with Crippen molar-refractivity contribution in [1.29, 1.82) is 0 Å². The molecule has 2 aromatic heterocycles. The second-order valence-corrected chi connectivity index (χ2v) is 7.85. The quantitative estimate of drug-likeness (QED) is 0.474. The summed E-state index contributed by atoms with van der Waals surface area (Å²) in [6.07, 6.45) is -0.703. The van der Waals surface area contributed by atoms with Gasteiger partial charge in [0.1, 0.15) is 0 Å². The minimum Gasteiger partial charge on any atom is -0.464 e. The van der Waals surface area contributed by atoms with Crippen LogP contribution in [-0.4, -0.2) is 26.8 Å². The van der Waals surface area contributed by atoms with E-state index in [1.807, 2.05) is 62.4 Å². The summed E-state index contributed by atoms with van der Waals surface area (Å²) < 4.78 is 7.69. The molecule has 0 saturated heterocycles. The first-order valence-electron chi connectivity index (χ1n) is 10.0. The van der Waals surface area contributed by atoms with Crippen molar-refractivity contribution in [2.24, 2.45) is 0 Å². The van der Waals surface area contributed by atoms with Crippen molar-refractivity contribution in [3.05, 3.63) is 82.5 Å². The second kappa shape index (κ2) is 8.78. The molecule has 7 heteroatoms. The number of carbonyl (C=O) groups excluding carboxylic acids is 1. The standard InChI is InChI=1S/C24H23ClN4O2/c1-15-13-21(31-17(3)24(30)26-14-18-9-11-19(25)12-10-18)27-23-22(15)16(2)28-29(23)20-7-5-4-6-8-20/h4-13,17H,14H2,1-3H3,(H,26,30). The maximum Gasteiger partial charge on any atom is 0.261 e. The van der Waals surface area contributed by atoms with Gasteiger partial charge in [0.05, 0.1) is 11.4 Å². The number of nitrogens with one attached hydrogen (secondary N) is 1. The molecule has 6 nitrogen and oxygen atoms in total. The Balaban J connectivity index is 1.54. The minimum absolute atomic E-state index is 0.220. The third-order valence-corrected chi connectivity index (χ3v) is 5.29. The Bertz CT molecular complexity index is 1220. The molecule has 2 heterocycles. The number of amides is 1. The largest absolute Gasteiger partial charge is 0.464 e. The highest BCUT2D eigenvalue weighted by molar-refractivity contribution is 6.30. The summed E-state index contributed by atoms with van der Waals surface area (Å²) in [5.41, 5.74) is 4.46. The van der Waals surface area contributed by atoms with Gasteiger partial charge >= 0.3 is 0 Å². The summed E-state index contributed by atoms with van der Waals surface area (Å²) in [4.78, 5) is 17.2. The van der Waals surface area contributed by atoms with Crippen LogP contribution in [0, 0.1) is 13.8 Å². The van der Waals surface area contributed by atoms with Gasteiger partial charge in [-0.25, -0.2) is 4.68 Å². The SMILES string of the molecule is Cc1cc(OC(C)C(=O)NCc2ccc(Cl)cc2)nc2c1c(C)nn2-c1ccccc1. The van der Waals surface area contributed by atoms with Gasteiger partial charge < -0.3 is 10.1 Å². The average Bonchev–Trinajstić information content (AvgIpc) is 3.10. The van der Waals surface area contributed by atoms with E-state index in [0.717, 1.165) is 27.9 Å². The molecule has 0 radical (unpaired) electrons. The lowest BCUT2D eigenvalue weighted by molar-refractivity contribution is -0.127. The van der Waals surface area contributed by atoms with Crippen LogP contribution in [0.3, 0.4) is 0 Å². The van der Waals surface area contributed by atoms with Crippen LogP contribution in [0.5, 0.6) is 5.88 Å². The average molecular weight is 435 g/mol. The van der Waals surface area contributed by atoms with Gasteiger partial charge in [-0.2, -0.15) is 10.1 Å². The lowest BCUT2D eigenvalue weighted by atomic mass is 10.1. The Morgan fingerprint density at radius 3 is 2.55 bits per heavy atom. The normalized spacial score (nSPS) is 12.0. The molecule has 0 aliphatic heterocycles.